The number of ether oxygens (including phenoxy) is 1. The smallest absolute Gasteiger partial charge is 0.240 e. The number of aromatic nitrogens is 1. The minimum atomic E-state index is -3.32. The Morgan fingerprint density at radius 1 is 1.23 bits per heavy atom. The third-order valence-corrected chi connectivity index (χ3v) is 7.48. The van der Waals surface area contributed by atoms with E-state index in [2.05, 4.69) is 10.3 Å². The fourth-order valence-electron chi connectivity index (χ4n) is 3.50. The standard InChI is InChI=1S/C21H30N4O4S2/c1-16-17(2)30-21(22-16)23-20(26)13-24-9-10-25(31(3,27)28)12-19(11-24)15-29-14-18-7-5-4-6-8-18/h4-8,19H,9-15H2,1-3H3,(H,22,23,26)/t19-/m1/s1. The Kier molecular flexibility index (Phi) is 8.17. The van der Waals surface area contributed by atoms with Crippen molar-refractivity contribution in [2.45, 2.75) is 20.5 Å². The molecule has 1 atom stereocenters. The highest BCUT2D eigenvalue weighted by Gasteiger charge is 2.28. The number of hydrogen-bond donors (Lipinski definition) is 1. The van der Waals surface area contributed by atoms with Crippen molar-refractivity contribution in [3.8, 4) is 0 Å². The van der Waals surface area contributed by atoms with E-state index in [0.717, 1.165) is 16.1 Å². The van der Waals surface area contributed by atoms with Crippen molar-refractivity contribution in [1.29, 1.82) is 0 Å². The van der Waals surface area contributed by atoms with Gasteiger partial charge in [0.15, 0.2) is 5.13 Å². The largest absolute Gasteiger partial charge is 0.376 e. The van der Waals surface area contributed by atoms with Gasteiger partial charge in [-0.05, 0) is 19.4 Å². The van der Waals surface area contributed by atoms with Gasteiger partial charge in [-0.25, -0.2) is 17.7 Å². The van der Waals surface area contributed by atoms with Gasteiger partial charge < -0.3 is 10.1 Å². The average Bonchev–Trinajstić information content (AvgIpc) is 2.88. The van der Waals surface area contributed by atoms with Crippen LogP contribution in [0.25, 0.3) is 0 Å². The summed E-state index contributed by atoms with van der Waals surface area (Å²) in [6, 6.07) is 9.86. The first kappa shape index (κ1) is 23.8. The molecule has 1 aromatic heterocycles. The summed E-state index contributed by atoms with van der Waals surface area (Å²) in [4.78, 5) is 20.0. The van der Waals surface area contributed by atoms with Crippen molar-refractivity contribution in [3.05, 3.63) is 46.5 Å². The van der Waals surface area contributed by atoms with E-state index in [1.165, 1.54) is 21.9 Å². The third-order valence-electron chi connectivity index (χ3n) is 5.22. The fourth-order valence-corrected chi connectivity index (χ4v) is 5.23. The Bertz CT molecular complexity index is 959. The highest BCUT2D eigenvalue weighted by molar-refractivity contribution is 7.88. The molecule has 31 heavy (non-hydrogen) atoms. The summed E-state index contributed by atoms with van der Waals surface area (Å²) in [5.74, 6) is -0.177. The van der Waals surface area contributed by atoms with Crippen LogP contribution < -0.4 is 5.32 Å². The fraction of sp³-hybridized carbons (Fsp3) is 0.524. The highest BCUT2D eigenvalue weighted by atomic mass is 32.2. The van der Waals surface area contributed by atoms with E-state index in [1.807, 2.05) is 49.1 Å². The molecule has 1 amide bonds. The van der Waals surface area contributed by atoms with Gasteiger partial charge in [-0.3, -0.25) is 9.69 Å². The molecule has 0 unspecified atom stereocenters. The lowest BCUT2D eigenvalue weighted by Gasteiger charge is -2.23. The maximum atomic E-state index is 12.5. The number of amides is 1. The lowest BCUT2D eigenvalue weighted by Crippen LogP contribution is -2.38. The second-order valence-corrected chi connectivity index (χ2v) is 11.1. The normalized spacial score (nSPS) is 18.6. The number of sulfonamides is 1. The van der Waals surface area contributed by atoms with Gasteiger partial charge in [0.25, 0.3) is 0 Å². The molecular weight excluding hydrogens is 436 g/mol. The Labute approximate surface area is 188 Å². The number of benzene rings is 1. The van der Waals surface area contributed by atoms with Crippen molar-refractivity contribution < 1.29 is 17.9 Å². The Hall–Kier alpha value is -1.85. The summed E-state index contributed by atoms with van der Waals surface area (Å²) in [7, 11) is -3.32. The van der Waals surface area contributed by atoms with Crippen molar-refractivity contribution in [1.82, 2.24) is 14.2 Å². The molecule has 2 heterocycles. The van der Waals surface area contributed by atoms with Gasteiger partial charge in [0.05, 0.1) is 31.7 Å². The Morgan fingerprint density at radius 2 is 1.97 bits per heavy atom. The minimum absolute atomic E-state index is 0.0295. The molecule has 8 nitrogen and oxygen atoms in total. The SMILES string of the molecule is Cc1nc(NC(=O)CN2CCN(S(C)(=O)=O)C[C@H](COCc3ccccc3)C2)sc1C. The molecule has 0 saturated carbocycles. The summed E-state index contributed by atoms with van der Waals surface area (Å²) in [6.07, 6.45) is 1.23. The molecule has 3 rings (SSSR count). The van der Waals surface area contributed by atoms with Gasteiger partial charge in [-0.2, -0.15) is 0 Å². The van der Waals surface area contributed by atoms with Crippen molar-refractivity contribution in [2.75, 3.05) is 50.9 Å². The van der Waals surface area contributed by atoms with Gasteiger partial charge in [-0.1, -0.05) is 30.3 Å². The summed E-state index contributed by atoms with van der Waals surface area (Å²) in [5.41, 5.74) is 1.98. The maximum absolute atomic E-state index is 12.5. The van der Waals surface area contributed by atoms with Crippen LogP contribution in [0.1, 0.15) is 16.1 Å². The molecule has 0 spiro atoms. The number of anilines is 1. The second-order valence-electron chi connectivity index (χ2n) is 7.93. The monoisotopic (exact) mass is 466 g/mol. The molecule has 0 aliphatic carbocycles. The maximum Gasteiger partial charge on any atom is 0.240 e. The summed E-state index contributed by atoms with van der Waals surface area (Å²) >= 11 is 1.45. The highest BCUT2D eigenvalue weighted by Crippen LogP contribution is 2.21. The molecule has 10 heteroatoms. The second kappa shape index (κ2) is 10.6. The van der Waals surface area contributed by atoms with Crippen LogP contribution in [0.4, 0.5) is 5.13 Å². The van der Waals surface area contributed by atoms with Crippen LogP contribution in [-0.2, 0) is 26.2 Å². The van der Waals surface area contributed by atoms with E-state index in [0.29, 0.717) is 44.5 Å². The number of rotatable bonds is 8. The van der Waals surface area contributed by atoms with E-state index < -0.39 is 10.0 Å². The molecule has 2 aromatic rings. The first-order chi connectivity index (χ1) is 14.7. The van der Waals surface area contributed by atoms with Crippen LogP contribution in [0.15, 0.2) is 30.3 Å². The predicted molar refractivity (Wildman–Crippen MR) is 123 cm³/mol. The van der Waals surface area contributed by atoms with Gasteiger partial charge in [-0.15, -0.1) is 11.3 Å². The Balaban J connectivity index is 1.59. The van der Waals surface area contributed by atoms with Crippen LogP contribution in [0.5, 0.6) is 0 Å². The van der Waals surface area contributed by atoms with E-state index in [9.17, 15) is 13.2 Å². The van der Waals surface area contributed by atoms with Gasteiger partial charge in [0, 0.05) is 37.0 Å². The molecule has 0 radical (unpaired) electrons. The average molecular weight is 467 g/mol. The lowest BCUT2D eigenvalue weighted by atomic mass is 10.1. The summed E-state index contributed by atoms with van der Waals surface area (Å²) in [6.45, 7) is 6.78. The van der Waals surface area contributed by atoms with Crippen molar-refractivity contribution in [2.24, 2.45) is 5.92 Å². The number of nitrogens with zero attached hydrogens (tertiary/aromatic N) is 3. The van der Waals surface area contributed by atoms with Gasteiger partial charge >= 0.3 is 0 Å². The Morgan fingerprint density at radius 3 is 2.61 bits per heavy atom. The van der Waals surface area contributed by atoms with E-state index in [4.69, 9.17) is 4.74 Å². The zero-order valence-corrected chi connectivity index (χ0v) is 19.8. The zero-order valence-electron chi connectivity index (χ0n) is 18.2. The van der Waals surface area contributed by atoms with Gasteiger partial charge in [0.2, 0.25) is 15.9 Å². The molecule has 170 valence electrons. The van der Waals surface area contributed by atoms with Crippen LogP contribution in [0.3, 0.4) is 0 Å². The number of carbonyl (C=O) groups is 1. The van der Waals surface area contributed by atoms with Gasteiger partial charge in [0.1, 0.15) is 0 Å². The molecule has 0 bridgehead atoms. The number of aryl methyl sites for hydroxylation is 2. The summed E-state index contributed by atoms with van der Waals surface area (Å²) in [5, 5.41) is 3.45. The molecular formula is C21H30N4O4S2. The van der Waals surface area contributed by atoms with Crippen molar-refractivity contribution >= 4 is 32.4 Å². The third kappa shape index (κ3) is 7.36. The van der Waals surface area contributed by atoms with E-state index in [-0.39, 0.29) is 18.4 Å². The number of thiazole rings is 1. The predicted octanol–water partition coefficient (Wildman–Crippen LogP) is 2.11. The molecule has 1 aliphatic heterocycles. The topological polar surface area (TPSA) is 91.8 Å². The molecule has 1 aliphatic rings. The first-order valence-electron chi connectivity index (χ1n) is 10.2. The molecule has 1 fully saturated rings. The first-order valence-corrected chi connectivity index (χ1v) is 12.9. The van der Waals surface area contributed by atoms with E-state index in [1.54, 1.807) is 0 Å². The number of carbonyl (C=O) groups excluding carboxylic acids is 1. The molecule has 1 aromatic carbocycles. The lowest BCUT2D eigenvalue weighted by molar-refractivity contribution is -0.117. The van der Waals surface area contributed by atoms with Crippen LogP contribution in [-0.4, -0.2) is 74.1 Å². The number of hydrogen-bond acceptors (Lipinski definition) is 7. The molecule has 1 saturated heterocycles. The minimum Gasteiger partial charge on any atom is -0.376 e. The van der Waals surface area contributed by atoms with Crippen molar-refractivity contribution in [3.63, 3.8) is 0 Å². The number of nitrogens with one attached hydrogen (secondary N) is 1. The van der Waals surface area contributed by atoms with Crippen LogP contribution in [0.2, 0.25) is 0 Å². The molecule has 1 N–H and O–H groups in total. The van der Waals surface area contributed by atoms with Crippen LogP contribution in [0, 0.1) is 19.8 Å². The quantitative estimate of drug-likeness (QED) is 0.641. The zero-order chi connectivity index (χ0) is 22.4. The van der Waals surface area contributed by atoms with E-state index >= 15 is 0 Å². The summed E-state index contributed by atoms with van der Waals surface area (Å²) < 4.78 is 31.7. The van der Waals surface area contributed by atoms with Crippen LogP contribution >= 0.6 is 11.3 Å².